The van der Waals surface area contributed by atoms with E-state index < -0.39 is 0 Å². The highest BCUT2D eigenvalue weighted by molar-refractivity contribution is 7.17. The van der Waals surface area contributed by atoms with Gasteiger partial charge in [-0.2, -0.15) is 0 Å². The zero-order valence-corrected chi connectivity index (χ0v) is 21.5. The van der Waals surface area contributed by atoms with E-state index in [-0.39, 0.29) is 23.8 Å². The molecular formula is C28H32N2O4S. The number of ether oxygens (including phenoxy) is 2. The van der Waals surface area contributed by atoms with Gasteiger partial charge in [0.25, 0.3) is 11.8 Å². The van der Waals surface area contributed by atoms with Gasteiger partial charge >= 0.3 is 0 Å². The van der Waals surface area contributed by atoms with Crippen LogP contribution in [0.15, 0.2) is 54.6 Å². The van der Waals surface area contributed by atoms with Gasteiger partial charge in [-0.15, -0.1) is 11.3 Å². The first-order chi connectivity index (χ1) is 16.8. The molecule has 2 aromatic carbocycles. The van der Waals surface area contributed by atoms with E-state index in [9.17, 15) is 9.59 Å². The first kappa shape index (κ1) is 24.8. The highest BCUT2D eigenvalue weighted by Crippen LogP contribution is 2.44. The summed E-state index contributed by atoms with van der Waals surface area (Å²) in [7, 11) is 1.57. The third-order valence-electron chi connectivity index (χ3n) is 6.44. The lowest BCUT2D eigenvalue weighted by Crippen LogP contribution is -2.27. The Morgan fingerprint density at radius 1 is 1.03 bits per heavy atom. The molecule has 0 spiro atoms. The summed E-state index contributed by atoms with van der Waals surface area (Å²) in [4.78, 5) is 27.5. The number of nitrogens with one attached hydrogen (secondary N) is 2. The maximum absolute atomic E-state index is 13.5. The molecule has 184 valence electrons. The van der Waals surface area contributed by atoms with Crippen molar-refractivity contribution in [2.24, 2.45) is 11.3 Å². The van der Waals surface area contributed by atoms with Gasteiger partial charge in [0.05, 0.1) is 18.4 Å². The Hall–Kier alpha value is -3.32. The number of hydrogen-bond acceptors (Lipinski definition) is 5. The number of amides is 2. The third-order valence-corrected chi connectivity index (χ3v) is 7.61. The van der Waals surface area contributed by atoms with E-state index in [0.717, 1.165) is 24.8 Å². The van der Waals surface area contributed by atoms with Gasteiger partial charge in [0.1, 0.15) is 16.5 Å². The molecule has 1 atom stereocenters. The fourth-order valence-corrected chi connectivity index (χ4v) is 5.76. The normalized spacial score (nSPS) is 15.1. The number of benzene rings is 2. The van der Waals surface area contributed by atoms with E-state index in [1.54, 1.807) is 31.4 Å². The maximum Gasteiger partial charge on any atom is 0.262 e. The van der Waals surface area contributed by atoms with Crippen LogP contribution >= 0.6 is 11.3 Å². The van der Waals surface area contributed by atoms with Crippen LogP contribution in [-0.4, -0.2) is 25.5 Å². The summed E-state index contributed by atoms with van der Waals surface area (Å²) in [6.07, 6.45) is 2.71. The van der Waals surface area contributed by atoms with Crippen molar-refractivity contribution in [2.45, 2.75) is 40.0 Å². The molecular weight excluding hydrogens is 460 g/mol. The van der Waals surface area contributed by atoms with Crippen molar-refractivity contribution < 1.29 is 19.1 Å². The molecule has 0 aliphatic heterocycles. The van der Waals surface area contributed by atoms with Crippen molar-refractivity contribution in [3.05, 3.63) is 70.6 Å². The molecule has 35 heavy (non-hydrogen) atoms. The molecule has 6 nitrogen and oxygen atoms in total. The van der Waals surface area contributed by atoms with Crippen molar-refractivity contribution in [1.29, 1.82) is 0 Å². The molecule has 7 heteroatoms. The maximum atomic E-state index is 13.5. The predicted molar refractivity (Wildman–Crippen MR) is 141 cm³/mol. The van der Waals surface area contributed by atoms with E-state index >= 15 is 0 Å². The van der Waals surface area contributed by atoms with Gasteiger partial charge in [-0.05, 0) is 60.4 Å². The van der Waals surface area contributed by atoms with Gasteiger partial charge in [0, 0.05) is 4.88 Å². The largest absolute Gasteiger partial charge is 0.495 e. The average Bonchev–Trinajstić information content (AvgIpc) is 3.20. The smallest absolute Gasteiger partial charge is 0.262 e. The molecule has 0 fully saturated rings. The molecule has 1 aliphatic carbocycles. The van der Waals surface area contributed by atoms with Crippen LogP contribution in [0.25, 0.3) is 0 Å². The predicted octanol–water partition coefficient (Wildman–Crippen LogP) is 6.18. The zero-order chi connectivity index (χ0) is 25.0. The first-order valence-electron chi connectivity index (χ1n) is 11.8. The summed E-state index contributed by atoms with van der Waals surface area (Å²) in [5.74, 6) is 1.17. The molecule has 0 saturated heterocycles. The van der Waals surface area contributed by atoms with Crippen molar-refractivity contribution in [3.63, 3.8) is 0 Å². The standard InChI is InChI=1S/C28H32N2O4S/c1-28(2,3)18-14-15-20-23(16-18)35-27(30-24(31)17-34-19-10-6-5-7-11-19)25(20)26(32)29-21-12-8-9-13-22(21)33-4/h5-13,18H,14-17H2,1-4H3,(H,29,32)(H,30,31). The molecule has 0 bridgehead atoms. The molecule has 2 N–H and O–H groups in total. The fraction of sp³-hybridized carbons (Fsp3) is 0.357. The first-order valence-corrected chi connectivity index (χ1v) is 12.6. The van der Waals surface area contributed by atoms with Gasteiger partial charge < -0.3 is 20.1 Å². The summed E-state index contributed by atoms with van der Waals surface area (Å²) in [6.45, 7) is 6.64. The minimum Gasteiger partial charge on any atom is -0.495 e. The number of rotatable bonds is 7. The Balaban J connectivity index is 1.60. The summed E-state index contributed by atoms with van der Waals surface area (Å²) < 4.78 is 11.0. The molecule has 4 rings (SSSR count). The highest BCUT2D eigenvalue weighted by Gasteiger charge is 2.34. The van der Waals surface area contributed by atoms with E-state index in [0.29, 0.717) is 33.7 Å². The summed E-state index contributed by atoms with van der Waals surface area (Å²) in [5.41, 5.74) is 2.33. The van der Waals surface area contributed by atoms with Crippen LogP contribution in [0.4, 0.5) is 10.7 Å². The molecule has 0 saturated carbocycles. The second kappa shape index (κ2) is 10.5. The zero-order valence-electron chi connectivity index (χ0n) is 20.6. The molecule has 1 heterocycles. The summed E-state index contributed by atoms with van der Waals surface area (Å²) in [5, 5.41) is 6.50. The number of para-hydroxylation sites is 3. The Bertz CT molecular complexity index is 1200. The number of anilines is 2. The number of hydrogen-bond donors (Lipinski definition) is 2. The number of thiophene rings is 1. The van der Waals surface area contributed by atoms with E-state index in [1.165, 1.54) is 16.2 Å². The minimum absolute atomic E-state index is 0.134. The molecule has 1 unspecified atom stereocenters. The van der Waals surface area contributed by atoms with Crippen LogP contribution in [0.3, 0.4) is 0 Å². The highest BCUT2D eigenvalue weighted by atomic mass is 32.1. The molecule has 1 aromatic heterocycles. The second-order valence-corrected chi connectivity index (χ2v) is 10.9. The van der Waals surface area contributed by atoms with E-state index in [2.05, 4.69) is 31.4 Å². The third kappa shape index (κ3) is 5.85. The lowest BCUT2D eigenvalue weighted by atomic mass is 9.72. The van der Waals surface area contributed by atoms with Crippen molar-refractivity contribution >= 4 is 33.8 Å². The van der Waals surface area contributed by atoms with Crippen LogP contribution in [0.1, 0.15) is 48.0 Å². The number of fused-ring (bicyclic) bond motifs is 1. The second-order valence-electron chi connectivity index (χ2n) is 9.82. The van der Waals surface area contributed by atoms with E-state index in [1.807, 2.05) is 30.3 Å². The van der Waals surface area contributed by atoms with Gasteiger partial charge in [0.2, 0.25) is 0 Å². The van der Waals surface area contributed by atoms with Gasteiger partial charge in [-0.3, -0.25) is 9.59 Å². The molecule has 1 aliphatic rings. The van der Waals surface area contributed by atoms with Crippen molar-refractivity contribution in [1.82, 2.24) is 0 Å². The summed E-state index contributed by atoms with van der Waals surface area (Å²) in [6, 6.07) is 16.5. The van der Waals surface area contributed by atoms with Gasteiger partial charge in [-0.25, -0.2) is 0 Å². The minimum atomic E-state index is -0.300. The van der Waals surface area contributed by atoms with E-state index in [4.69, 9.17) is 9.47 Å². The van der Waals surface area contributed by atoms with Crippen LogP contribution in [-0.2, 0) is 17.6 Å². The molecule has 0 radical (unpaired) electrons. The lowest BCUT2D eigenvalue weighted by Gasteiger charge is -2.33. The quantitative estimate of drug-likeness (QED) is 0.413. The Labute approximate surface area is 210 Å². The van der Waals surface area contributed by atoms with Crippen LogP contribution in [0, 0.1) is 11.3 Å². The van der Waals surface area contributed by atoms with Gasteiger partial charge in [0.15, 0.2) is 6.61 Å². The molecule has 2 amide bonds. The average molecular weight is 493 g/mol. The van der Waals surface area contributed by atoms with Crippen molar-refractivity contribution in [3.8, 4) is 11.5 Å². The number of methoxy groups -OCH3 is 1. The van der Waals surface area contributed by atoms with Crippen LogP contribution < -0.4 is 20.1 Å². The Morgan fingerprint density at radius 2 is 1.74 bits per heavy atom. The fourth-order valence-electron chi connectivity index (χ4n) is 4.41. The monoisotopic (exact) mass is 492 g/mol. The Morgan fingerprint density at radius 3 is 2.46 bits per heavy atom. The SMILES string of the molecule is COc1ccccc1NC(=O)c1c(NC(=O)COc2ccccc2)sc2c1CCC(C(C)(C)C)C2. The topological polar surface area (TPSA) is 76.7 Å². The Kier molecular flexibility index (Phi) is 7.45. The van der Waals surface area contributed by atoms with Crippen LogP contribution in [0.5, 0.6) is 11.5 Å². The van der Waals surface area contributed by atoms with Gasteiger partial charge in [-0.1, -0.05) is 51.1 Å². The summed E-state index contributed by atoms with van der Waals surface area (Å²) >= 11 is 1.50. The number of carbonyl (C=O) groups excluding carboxylic acids is 2. The molecule has 3 aromatic rings. The van der Waals surface area contributed by atoms with Crippen molar-refractivity contribution in [2.75, 3.05) is 24.4 Å². The lowest BCUT2D eigenvalue weighted by molar-refractivity contribution is -0.118. The van der Waals surface area contributed by atoms with Crippen LogP contribution in [0.2, 0.25) is 0 Å². The number of carbonyl (C=O) groups is 2.